The van der Waals surface area contributed by atoms with Gasteiger partial charge in [0.25, 0.3) is 5.91 Å². The lowest BCUT2D eigenvalue weighted by atomic mass is 10.1. The average Bonchev–Trinajstić information content (AvgIpc) is 2.36. The van der Waals surface area contributed by atoms with Crippen LogP contribution in [0, 0.1) is 0 Å². The molecule has 0 fully saturated rings. The zero-order valence-electron chi connectivity index (χ0n) is 11.0. The molecule has 0 heterocycles. The van der Waals surface area contributed by atoms with Gasteiger partial charge in [0.1, 0.15) is 17.1 Å². The molecule has 0 saturated carbocycles. The van der Waals surface area contributed by atoms with Crippen LogP contribution >= 0.6 is 0 Å². The van der Waals surface area contributed by atoms with Gasteiger partial charge in [-0.15, -0.1) is 0 Å². The Hall–Kier alpha value is -1.75. The number of nitrogens with one attached hydrogen (secondary N) is 1. The lowest BCUT2D eigenvalue weighted by molar-refractivity contribution is 0.0946. The molecule has 0 spiro atoms. The average molecular weight is 252 g/mol. The Morgan fingerprint density at radius 3 is 2.33 bits per heavy atom. The Kier molecular flexibility index (Phi) is 5.45. The van der Waals surface area contributed by atoms with Gasteiger partial charge in [0.15, 0.2) is 0 Å². The summed E-state index contributed by atoms with van der Waals surface area (Å²) in [5, 5.41) is 2.80. The third kappa shape index (κ3) is 3.63. The molecule has 18 heavy (non-hydrogen) atoms. The first-order valence-electron chi connectivity index (χ1n) is 5.85. The van der Waals surface area contributed by atoms with Crippen LogP contribution in [0.1, 0.15) is 23.7 Å². The van der Waals surface area contributed by atoms with Gasteiger partial charge in [0.2, 0.25) is 0 Å². The number of nitrogens with two attached hydrogens (primary N) is 1. The summed E-state index contributed by atoms with van der Waals surface area (Å²) in [6.45, 7) is 2.42. The minimum atomic E-state index is -0.218. The summed E-state index contributed by atoms with van der Waals surface area (Å²) in [6, 6.07) is 5.28. The van der Waals surface area contributed by atoms with Gasteiger partial charge >= 0.3 is 0 Å². The van der Waals surface area contributed by atoms with E-state index in [4.69, 9.17) is 15.2 Å². The predicted molar refractivity (Wildman–Crippen MR) is 70.1 cm³/mol. The number of hydrogen-bond donors (Lipinski definition) is 2. The summed E-state index contributed by atoms with van der Waals surface area (Å²) in [6.07, 6.45) is 0.725. The molecule has 5 nitrogen and oxygen atoms in total. The topological polar surface area (TPSA) is 73.6 Å². The largest absolute Gasteiger partial charge is 0.496 e. The quantitative estimate of drug-likeness (QED) is 0.797. The lowest BCUT2D eigenvalue weighted by Crippen LogP contribution is -2.29. The standard InChI is InChI=1S/C13H20N2O3/c1-9(14)7-8-15-13(16)12-10(17-2)5-4-6-11(12)18-3/h4-6,9H,7-8,14H2,1-3H3,(H,15,16). The third-order valence-corrected chi connectivity index (χ3v) is 2.54. The minimum Gasteiger partial charge on any atom is -0.496 e. The maximum atomic E-state index is 12.1. The number of amides is 1. The Morgan fingerprint density at radius 2 is 1.89 bits per heavy atom. The van der Waals surface area contributed by atoms with E-state index in [0.29, 0.717) is 23.6 Å². The number of benzene rings is 1. The van der Waals surface area contributed by atoms with Crippen LogP contribution in [0.4, 0.5) is 0 Å². The normalized spacial score (nSPS) is 11.8. The maximum Gasteiger partial charge on any atom is 0.258 e. The van der Waals surface area contributed by atoms with Crippen LogP contribution in [0.2, 0.25) is 0 Å². The third-order valence-electron chi connectivity index (χ3n) is 2.54. The molecule has 0 saturated heterocycles. The van der Waals surface area contributed by atoms with E-state index in [-0.39, 0.29) is 11.9 Å². The summed E-state index contributed by atoms with van der Waals surface area (Å²) in [5.74, 6) is 0.769. The van der Waals surface area contributed by atoms with Crippen molar-refractivity contribution in [3.05, 3.63) is 23.8 Å². The molecule has 0 aliphatic carbocycles. The van der Waals surface area contributed by atoms with Crippen LogP contribution in [0.25, 0.3) is 0 Å². The second-order valence-electron chi connectivity index (χ2n) is 4.06. The zero-order valence-corrected chi connectivity index (χ0v) is 11.0. The monoisotopic (exact) mass is 252 g/mol. The smallest absolute Gasteiger partial charge is 0.258 e. The fraction of sp³-hybridized carbons (Fsp3) is 0.462. The van der Waals surface area contributed by atoms with Crippen LogP contribution in [-0.2, 0) is 0 Å². The molecule has 1 rings (SSSR count). The highest BCUT2D eigenvalue weighted by atomic mass is 16.5. The summed E-state index contributed by atoms with van der Waals surface area (Å²) >= 11 is 0. The molecular weight excluding hydrogens is 232 g/mol. The Bertz CT molecular complexity index is 383. The van der Waals surface area contributed by atoms with Crippen LogP contribution in [-0.4, -0.2) is 32.7 Å². The van der Waals surface area contributed by atoms with E-state index in [1.807, 2.05) is 6.92 Å². The lowest BCUT2D eigenvalue weighted by Gasteiger charge is -2.13. The van der Waals surface area contributed by atoms with E-state index < -0.39 is 0 Å². The number of carbonyl (C=O) groups is 1. The molecule has 0 aliphatic rings. The van der Waals surface area contributed by atoms with E-state index in [2.05, 4.69) is 5.32 Å². The second kappa shape index (κ2) is 6.86. The highest BCUT2D eigenvalue weighted by Gasteiger charge is 2.17. The van der Waals surface area contributed by atoms with Crippen molar-refractivity contribution in [1.82, 2.24) is 5.32 Å². The van der Waals surface area contributed by atoms with E-state index >= 15 is 0 Å². The van der Waals surface area contributed by atoms with Crippen LogP contribution in [0.5, 0.6) is 11.5 Å². The van der Waals surface area contributed by atoms with E-state index in [9.17, 15) is 4.79 Å². The van der Waals surface area contributed by atoms with Crippen LogP contribution in [0.15, 0.2) is 18.2 Å². The number of carbonyl (C=O) groups excluding carboxylic acids is 1. The zero-order chi connectivity index (χ0) is 13.5. The van der Waals surface area contributed by atoms with Crippen molar-refractivity contribution >= 4 is 5.91 Å². The summed E-state index contributed by atoms with van der Waals surface area (Å²) in [5.41, 5.74) is 6.04. The van der Waals surface area contributed by atoms with Crippen LogP contribution < -0.4 is 20.5 Å². The Labute approximate surface area is 107 Å². The fourth-order valence-corrected chi connectivity index (χ4v) is 1.58. The first kappa shape index (κ1) is 14.3. The molecule has 0 radical (unpaired) electrons. The van der Waals surface area contributed by atoms with Crippen molar-refractivity contribution in [2.45, 2.75) is 19.4 Å². The molecule has 1 unspecified atom stereocenters. The van der Waals surface area contributed by atoms with Crippen molar-refractivity contribution in [1.29, 1.82) is 0 Å². The SMILES string of the molecule is COc1cccc(OC)c1C(=O)NCCC(C)N. The van der Waals surface area contributed by atoms with Gasteiger partial charge in [0.05, 0.1) is 14.2 Å². The van der Waals surface area contributed by atoms with E-state index in [0.717, 1.165) is 6.42 Å². The van der Waals surface area contributed by atoms with Crippen molar-refractivity contribution in [2.75, 3.05) is 20.8 Å². The highest BCUT2D eigenvalue weighted by molar-refractivity contribution is 5.99. The number of hydrogen-bond acceptors (Lipinski definition) is 4. The molecule has 0 aromatic heterocycles. The van der Waals surface area contributed by atoms with Crippen molar-refractivity contribution in [2.24, 2.45) is 5.73 Å². The predicted octanol–water partition coefficient (Wildman–Crippen LogP) is 1.17. The maximum absolute atomic E-state index is 12.1. The Balaban J connectivity index is 2.83. The van der Waals surface area contributed by atoms with E-state index in [1.165, 1.54) is 14.2 Å². The molecule has 1 amide bonds. The Morgan fingerprint density at radius 1 is 1.33 bits per heavy atom. The van der Waals surface area contributed by atoms with E-state index in [1.54, 1.807) is 18.2 Å². The summed E-state index contributed by atoms with van der Waals surface area (Å²) < 4.78 is 10.3. The first-order valence-corrected chi connectivity index (χ1v) is 5.85. The molecule has 1 aromatic rings. The van der Waals surface area contributed by atoms with Gasteiger partial charge in [0, 0.05) is 12.6 Å². The molecular formula is C13H20N2O3. The number of rotatable bonds is 6. The second-order valence-corrected chi connectivity index (χ2v) is 4.06. The first-order chi connectivity index (χ1) is 8.60. The van der Waals surface area contributed by atoms with Crippen molar-refractivity contribution in [3.8, 4) is 11.5 Å². The van der Waals surface area contributed by atoms with Crippen LogP contribution in [0.3, 0.4) is 0 Å². The van der Waals surface area contributed by atoms with Gasteiger partial charge < -0.3 is 20.5 Å². The molecule has 1 atom stereocenters. The van der Waals surface area contributed by atoms with Crippen molar-refractivity contribution < 1.29 is 14.3 Å². The van der Waals surface area contributed by atoms with Gasteiger partial charge in [-0.3, -0.25) is 4.79 Å². The van der Waals surface area contributed by atoms with Gasteiger partial charge in [-0.25, -0.2) is 0 Å². The summed E-state index contributed by atoms with van der Waals surface area (Å²) in [7, 11) is 3.04. The molecule has 0 bridgehead atoms. The highest BCUT2D eigenvalue weighted by Crippen LogP contribution is 2.27. The molecule has 3 N–H and O–H groups in total. The summed E-state index contributed by atoms with van der Waals surface area (Å²) in [4.78, 5) is 12.1. The molecule has 1 aromatic carbocycles. The van der Waals surface area contributed by atoms with Crippen molar-refractivity contribution in [3.63, 3.8) is 0 Å². The fourth-order valence-electron chi connectivity index (χ4n) is 1.58. The van der Waals surface area contributed by atoms with Gasteiger partial charge in [-0.05, 0) is 25.5 Å². The molecule has 0 aliphatic heterocycles. The molecule has 100 valence electrons. The minimum absolute atomic E-state index is 0.0601. The number of methoxy groups -OCH3 is 2. The molecule has 5 heteroatoms. The number of ether oxygens (including phenoxy) is 2. The van der Waals surface area contributed by atoms with Gasteiger partial charge in [-0.2, -0.15) is 0 Å². The van der Waals surface area contributed by atoms with Gasteiger partial charge in [-0.1, -0.05) is 6.07 Å².